The molecule has 2 rings (SSSR count). The molecule has 74 valence electrons. The molecule has 0 aromatic carbocycles. The number of rotatable bonds is 3. The first kappa shape index (κ1) is 9.83. The fourth-order valence-electron chi connectivity index (χ4n) is 1.45. The van der Waals surface area contributed by atoms with E-state index in [4.69, 9.17) is 0 Å². The van der Waals surface area contributed by atoms with Crippen LogP contribution in [0, 0.1) is 6.92 Å². The van der Waals surface area contributed by atoms with Crippen LogP contribution in [-0.2, 0) is 0 Å². The predicted octanol–water partition coefficient (Wildman–Crippen LogP) is 2.82. The zero-order valence-electron chi connectivity index (χ0n) is 8.15. The average molecular weight is 224 g/mol. The molecule has 2 aromatic rings. The molecule has 0 fully saturated rings. The van der Waals surface area contributed by atoms with Crippen LogP contribution in [0.3, 0.4) is 0 Å². The third kappa shape index (κ3) is 1.73. The zero-order chi connectivity index (χ0) is 9.97. The highest BCUT2D eigenvalue weighted by Crippen LogP contribution is 2.30. The SMILES string of the molecule is CNC(c1cccs1)c1scnc1C. The van der Waals surface area contributed by atoms with Crippen LogP contribution in [0.2, 0.25) is 0 Å². The molecular weight excluding hydrogens is 212 g/mol. The van der Waals surface area contributed by atoms with Gasteiger partial charge in [0.05, 0.1) is 17.2 Å². The number of nitrogens with one attached hydrogen (secondary N) is 1. The van der Waals surface area contributed by atoms with Crippen molar-refractivity contribution in [2.24, 2.45) is 0 Å². The van der Waals surface area contributed by atoms with Crippen LogP contribution < -0.4 is 5.32 Å². The van der Waals surface area contributed by atoms with E-state index in [9.17, 15) is 0 Å². The summed E-state index contributed by atoms with van der Waals surface area (Å²) in [7, 11) is 1.99. The smallest absolute Gasteiger partial charge is 0.0798 e. The van der Waals surface area contributed by atoms with Crippen molar-refractivity contribution < 1.29 is 0 Å². The Balaban J connectivity index is 2.36. The highest BCUT2D eigenvalue weighted by Gasteiger charge is 2.16. The van der Waals surface area contributed by atoms with Crippen molar-refractivity contribution in [3.05, 3.63) is 38.5 Å². The zero-order valence-corrected chi connectivity index (χ0v) is 9.78. The Morgan fingerprint density at radius 1 is 1.43 bits per heavy atom. The third-order valence-electron chi connectivity index (χ3n) is 2.16. The number of hydrogen-bond acceptors (Lipinski definition) is 4. The first-order chi connectivity index (χ1) is 6.83. The number of hydrogen-bond donors (Lipinski definition) is 1. The minimum Gasteiger partial charge on any atom is -0.308 e. The van der Waals surface area contributed by atoms with Crippen molar-refractivity contribution >= 4 is 22.7 Å². The van der Waals surface area contributed by atoms with Gasteiger partial charge in [-0.15, -0.1) is 22.7 Å². The van der Waals surface area contributed by atoms with E-state index in [1.165, 1.54) is 9.75 Å². The normalized spacial score (nSPS) is 13.0. The van der Waals surface area contributed by atoms with E-state index in [1.807, 2.05) is 12.6 Å². The van der Waals surface area contributed by atoms with Crippen LogP contribution in [0.5, 0.6) is 0 Å². The number of aromatic nitrogens is 1. The lowest BCUT2D eigenvalue weighted by Crippen LogP contribution is -2.16. The summed E-state index contributed by atoms with van der Waals surface area (Å²) in [6.07, 6.45) is 0. The van der Waals surface area contributed by atoms with Gasteiger partial charge < -0.3 is 5.32 Å². The van der Waals surface area contributed by atoms with Crippen molar-refractivity contribution in [1.29, 1.82) is 0 Å². The lowest BCUT2D eigenvalue weighted by Gasteiger charge is -2.12. The monoisotopic (exact) mass is 224 g/mol. The molecule has 14 heavy (non-hydrogen) atoms. The molecule has 2 aromatic heterocycles. The first-order valence-corrected chi connectivity index (χ1v) is 6.19. The summed E-state index contributed by atoms with van der Waals surface area (Å²) >= 11 is 3.49. The molecule has 2 nitrogen and oxygen atoms in total. The van der Waals surface area contributed by atoms with E-state index in [-0.39, 0.29) is 0 Å². The van der Waals surface area contributed by atoms with Crippen molar-refractivity contribution in [3.63, 3.8) is 0 Å². The fraction of sp³-hybridized carbons (Fsp3) is 0.300. The largest absolute Gasteiger partial charge is 0.308 e. The number of aryl methyl sites for hydroxylation is 1. The van der Waals surface area contributed by atoms with Gasteiger partial charge in [-0.2, -0.15) is 0 Å². The molecule has 0 saturated heterocycles. The highest BCUT2D eigenvalue weighted by atomic mass is 32.1. The second-order valence-electron chi connectivity index (χ2n) is 3.04. The Labute approximate surface area is 91.6 Å². The van der Waals surface area contributed by atoms with Gasteiger partial charge in [-0.3, -0.25) is 0 Å². The molecular formula is C10H12N2S2. The molecule has 2 heterocycles. The van der Waals surface area contributed by atoms with Crippen LogP contribution in [0.1, 0.15) is 21.5 Å². The van der Waals surface area contributed by atoms with Gasteiger partial charge in [0.2, 0.25) is 0 Å². The van der Waals surface area contributed by atoms with E-state index in [0.717, 1.165) is 5.69 Å². The summed E-state index contributed by atoms with van der Waals surface area (Å²) in [6, 6.07) is 4.55. The Hall–Kier alpha value is -0.710. The second-order valence-corrected chi connectivity index (χ2v) is 4.90. The van der Waals surface area contributed by atoms with Crippen molar-refractivity contribution in [1.82, 2.24) is 10.3 Å². The Morgan fingerprint density at radius 2 is 2.29 bits per heavy atom. The first-order valence-electron chi connectivity index (χ1n) is 4.43. The molecule has 4 heteroatoms. The molecule has 0 spiro atoms. The van der Waals surface area contributed by atoms with Gasteiger partial charge in [0.25, 0.3) is 0 Å². The lowest BCUT2D eigenvalue weighted by atomic mass is 10.2. The Bertz CT molecular complexity index is 392. The van der Waals surface area contributed by atoms with E-state index < -0.39 is 0 Å². The summed E-state index contributed by atoms with van der Waals surface area (Å²) in [6.45, 7) is 2.06. The number of nitrogens with zero attached hydrogens (tertiary/aromatic N) is 1. The molecule has 1 N–H and O–H groups in total. The van der Waals surface area contributed by atoms with Crippen molar-refractivity contribution in [3.8, 4) is 0 Å². The van der Waals surface area contributed by atoms with E-state index in [1.54, 1.807) is 22.7 Å². The quantitative estimate of drug-likeness (QED) is 0.867. The van der Waals surface area contributed by atoms with E-state index >= 15 is 0 Å². The van der Waals surface area contributed by atoms with Crippen LogP contribution >= 0.6 is 22.7 Å². The average Bonchev–Trinajstić information content (AvgIpc) is 2.80. The highest BCUT2D eigenvalue weighted by molar-refractivity contribution is 7.11. The maximum atomic E-state index is 4.28. The topological polar surface area (TPSA) is 24.9 Å². The summed E-state index contributed by atoms with van der Waals surface area (Å²) in [5.41, 5.74) is 3.03. The van der Waals surface area contributed by atoms with Gasteiger partial charge >= 0.3 is 0 Å². The molecule has 0 saturated carbocycles. The second kappa shape index (κ2) is 4.21. The summed E-state index contributed by atoms with van der Waals surface area (Å²) in [4.78, 5) is 6.94. The summed E-state index contributed by atoms with van der Waals surface area (Å²) in [5.74, 6) is 0. The van der Waals surface area contributed by atoms with Gasteiger partial charge in [-0.1, -0.05) is 6.07 Å². The van der Waals surface area contributed by atoms with Crippen molar-refractivity contribution in [2.45, 2.75) is 13.0 Å². The molecule has 0 aliphatic carbocycles. The Morgan fingerprint density at radius 3 is 2.79 bits per heavy atom. The minimum absolute atomic E-state index is 0.308. The number of thiophene rings is 1. The fourth-order valence-corrected chi connectivity index (χ4v) is 3.29. The van der Waals surface area contributed by atoms with Gasteiger partial charge in [0.1, 0.15) is 0 Å². The molecule has 1 atom stereocenters. The third-order valence-corrected chi connectivity index (χ3v) is 4.09. The lowest BCUT2D eigenvalue weighted by molar-refractivity contribution is 0.710. The summed E-state index contributed by atoms with van der Waals surface area (Å²) < 4.78 is 0. The van der Waals surface area contributed by atoms with Crippen LogP contribution in [0.4, 0.5) is 0 Å². The van der Waals surface area contributed by atoms with Gasteiger partial charge in [0.15, 0.2) is 0 Å². The maximum Gasteiger partial charge on any atom is 0.0798 e. The number of thiazole rings is 1. The standard InChI is InChI=1S/C10H12N2S2/c1-7-10(14-6-12-7)9(11-2)8-4-3-5-13-8/h3-6,9,11H,1-2H3. The van der Waals surface area contributed by atoms with Crippen LogP contribution in [0.15, 0.2) is 23.0 Å². The van der Waals surface area contributed by atoms with Gasteiger partial charge in [-0.25, -0.2) is 4.98 Å². The predicted molar refractivity (Wildman–Crippen MR) is 62.1 cm³/mol. The van der Waals surface area contributed by atoms with Crippen LogP contribution in [-0.4, -0.2) is 12.0 Å². The molecule has 0 amide bonds. The van der Waals surface area contributed by atoms with Crippen molar-refractivity contribution in [2.75, 3.05) is 7.05 Å². The summed E-state index contributed by atoms with van der Waals surface area (Å²) in [5, 5.41) is 5.44. The van der Waals surface area contributed by atoms with Gasteiger partial charge in [-0.05, 0) is 25.4 Å². The molecule has 0 aliphatic rings. The molecule has 0 radical (unpaired) electrons. The van der Waals surface area contributed by atoms with E-state index in [0.29, 0.717) is 6.04 Å². The van der Waals surface area contributed by atoms with E-state index in [2.05, 4.69) is 34.7 Å². The Kier molecular flexibility index (Phi) is 2.96. The molecule has 1 unspecified atom stereocenters. The maximum absolute atomic E-state index is 4.28. The molecule has 0 bridgehead atoms. The molecule has 0 aliphatic heterocycles. The minimum atomic E-state index is 0.308. The van der Waals surface area contributed by atoms with Crippen LogP contribution in [0.25, 0.3) is 0 Å². The van der Waals surface area contributed by atoms with Gasteiger partial charge in [0, 0.05) is 9.75 Å².